The predicted octanol–water partition coefficient (Wildman–Crippen LogP) is 4.25. The summed E-state index contributed by atoms with van der Waals surface area (Å²) in [5.74, 6) is -1.01. The number of carbonyl (C=O) groups is 4. The molecule has 4 rings (SSSR count). The van der Waals surface area contributed by atoms with E-state index in [2.05, 4.69) is 0 Å². The third-order valence-corrected chi connectivity index (χ3v) is 6.12. The number of imide groups is 1. The van der Waals surface area contributed by atoms with Crippen LogP contribution in [0.4, 0.5) is 5.69 Å². The quantitative estimate of drug-likeness (QED) is 0.270. The van der Waals surface area contributed by atoms with E-state index >= 15 is 0 Å². The van der Waals surface area contributed by atoms with Crippen molar-refractivity contribution in [2.75, 3.05) is 12.0 Å². The maximum atomic E-state index is 13.6. The topological polar surface area (TPSA) is 93.2 Å². The molecule has 0 bridgehead atoms. The van der Waals surface area contributed by atoms with Crippen molar-refractivity contribution in [2.24, 2.45) is 0 Å². The molecule has 1 aliphatic heterocycles. The summed E-state index contributed by atoms with van der Waals surface area (Å²) in [5, 5.41) is 0.444. The highest BCUT2D eigenvalue weighted by molar-refractivity contribution is 6.31. The first kappa shape index (κ1) is 24.9. The Labute approximate surface area is 213 Å². The van der Waals surface area contributed by atoms with Crippen molar-refractivity contribution in [3.8, 4) is 11.5 Å². The molecule has 9 heteroatoms. The zero-order valence-electron chi connectivity index (χ0n) is 19.6. The molecule has 0 aliphatic carbocycles. The zero-order valence-corrected chi connectivity index (χ0v) is 20.4. The van der Waals surface area contributed by atoms with Gasteiger partial charge in [0.25, 0.3) is 11.8 Å². The number of nitrogens with zero attached hydrogens (tertiary/aromatic N) is 2. The van der Waals surface area contributed by atoms with Gasteiger partial charge in [0.2, 0.25) is 5.91 Å². The summed E-state index contributed by atoms with van der Waals surface area (Å²) < 4.78 is 10.2. The number of hydrogen-bond acceptors (Lipinski definition) is 6. The van der Waals surface area contributed by atoms with Crippen LogP contribution in [0.1, 0.15) is 29.3 Å². The normalized spacial score (nSPS) is 15.1. The van der Waals surface area contributed by atoms with Gasteiger partial charge in [0.05, 0.1) is 19.2 Å². The van der Waals surface area contributed by atoms with Crippen molar-refractivity contribution in [1.82, 2.24) is 4.90 Å². The Morgan fingerprint density at radius 2 is 1.61 bits per heavy atom. The number of anilines is 1. The molecular formula is C27H23ClN2O6. The number of halogens is 1. The van der Waals surface area contributed by atoms with E-state index in [1.807, 2.05) is 0 Å². The first-order valence-corrected chi connectivity index (χ1v) is 11.5. The summed E-state index contributed by atoms with van der Waals surface area (Å²) in [4.78, 5) is 53.7. The van der Waals surface area contributed by atoms with Gasteiger partial charge in [-0.25, -0.2) is 4.90 Å². The highest BCUT2D eigenvalue weighted by Crippen LogP contribution is 2.30. The first-order chi connectivity index (χ1) is 17.3. The summed E-state index contributed by atoms with van der Waals surface area (Å²) in [6, 6.07) is 18.5. The lowest BCUT2D eigenvalue weighted by Gasteiger charge is -2.28. The lowest BCUT2D eigenvalue weighted by atomic mass is 10.1. The van der Waals surface area contributed by atoms with Gasteiger partial charge in [0, 0.05) is 24.1 Å². The van der Waals surface area contributed by atoms with Gasteiger partial charge in [0.15, 0.2) is 0 Å². The number of carbonyl (C=O) groups excluding carboxylic acids is 4. The average molecular weight is 507 g/mol. The molecule has 0 radical (unpaired) electrons. The molecule has 3 amide bonds. The van der Waals surface area contributed by atoms with Gasteiger partial charge in [-0.2, -0.15) is 0 Å². The van der Waals surface area contributed by atoms with Gasteiger partial charge in [-0.3, -0.25) is 19.2 Å². The fourth-order valence-electron chi connectivity index (χ4n) is 3.99. The third-order valence-electron chi connectivity index (χ3n) is 5.75. The Balaban J connectivity index is 1.66. The minimum absolute atomic E-state index is 0.0352. The summed E-state index contributed by atoms with van der Waals surface area (Å²) in [5.41, 5.74) is 1.30. The van der Waals surface area contributed by atoms with E-state index in [1.165, 1.54) is 43.2 Å². The molecule has 1 heterocycles. The van der Waals surface area contributed by atoms with Crippen LogP contribution in [0.3, 0.4) is 0 Å². The SMILES string of the molecule is COc1ccc(C(=O)N(Cc2ccccc2Cl)C2CC(=O)N(c3ccc(OC(C)=O)cc3)C2=O)cc1. The average Bonchev–Trinajstić information content (AvgIpc) is 3.16. The summed E-state index contributed by atoms with van der Waals surface area (Å²) >= 11 is 6.35. The summed E-state index contributed by atoms with van der Waals surface area (Å²) in [6.45, 7) is 1.31. The molecule has 1 saturated heterocycles. The van der Waals surface area contributed by atoms with E-state index in [4.69, 9.17) is 21.1 Å². The van der Waals surface area contributed by atoms with Crippen LogP contribution in [0.15, 0.2) is 72.8 Å². The van der Waals surface area contributed by atoms with Crippen LogP contribution < -0.4 is 14.4 Å². The van der Waals surface area contributed by atoms with Gasteiger partial charge in [-0.15, -0.1) is 0 Å². The maximum absolute atomic E-state index is 13.6. The maximum Gasteiger partial charge on any atom is 0.308 e. The second-order valence-corrected chi connectivity index (χ2v) is 8.54. The molecule has 3 aromatic rings. The molecule has 3 aromatic carbocycles. The number of rotatable bonds is 7. The van der Waals surface area contributed by atoms with Crippen molar-refractivity contribution in [3.05, 3.63) is 88.9 Å². The number of esters is 1. The van der Waals surface area contributed by atoms with Crippen LogP contribution in [0, 0.1) is 0 Å². The molecule has 36 heavy (non-hydrogen) atoms. The minimum atomic E-state index is -1.03. The second kappa shape index (κ2) is 10.6. The lowest BCUT2D eigenvalue weighted by molar-refractivity contribution is -0.132. The number of amides is 3. The largest absolute Gasteiger partial charge is 0.497 e. The van der Waals surface area contributed by atoms with Gasteiger partial charge in [0.1, 0.15) is 17.5 Å². The fraction of sp³-hybridized carbons (Fsp3) is 0.185. The Bertz CT molecular complexity index is 1310. The summed E-state index contributed by atoms with van der Waals surface area (Å²) in [6.07, 6.45) is -0.184. The predicted molar refractivity (Wildman–Crippen MR) is 133 cm³/mol. The van der Waals surface area contributed by atoms with Crippen molar-refractivity contribution in [1.29, 1.82) is 0 Å². The number of methoxy groups -OCH3 is 1. The smallest absolute Gasteiger partial charge is 0.308 e. The minimum Gasteiger partial charge on any atom is -0.497 e. The Kier molecular flexibility index (Phi) is 7.36. The monoisotopic (exact) mass is 506 g/mol. The lowest BCUT2D eigenvalue weighted by Crippen LogP contribution is -2.45. The van der Waals surface area contributed by atoms with E-state index in [0.717, 1.165) is 4.90 Å². The Hall–Kier alpha value is -4.17. The second-order valence-electron chi connectivity index (χ2n) is 8.13. The third kappa shape index (κ3) is 5.23. The van der Waals surface area contributed by atoms with Crippen molar-refractivity contribution in [3.63, 3.8) is 0 Å². The first-order valence-electron chi connectivity index (χ1n) is 11.1. The van der Waals surface area contributed by atoms with Crippen LogP contribution in [-0.4, -0.2) is 41.7 Å². The van der Waals surface area contributed by atoms with E-state index in [-0.39, 0.29) is 18.7 Å². The van der Waals surface area contributed by atoms with E-state index in [0.29, 0.717) is 27.6 Å². The van der Waals surface area contributed by atoms with E-state index in [1.54, 1.807) is 48.5 Å². The molecule has 1 aliphatic rings. The molecule has 0 aromatic heterocycles. The molecule has 1 unspecified atom stereocenters. The van der Waals surface area contributed by atoms with Gasteiger partial charge in [-0.1, -0.05) is 29.8 Å². The standard InChI is InChI=1S/C27H23ClN2O6/c1-17(31)36-22-13-9-20(10-14-22)30-25(32)15-24(27(30)34)29(16-19-5-3-4-6-23(19)28)26(33)18-7-11-21(35-2)12-8-18/h3-14,24H,15-16H2,1-2H3. The van der Waals surface area contributed by atoms with E-state index in [9.17, 15) is 19.2 Å². The van der Waals surface area contributed by atoms with Crippen molar-refractivity contribution >= 4 is 41.0 Å². The number of hydrogen-bond donors (Lipinski definition) is 0. The molecule has 0 N–H and O–H groups in total. The summed E-state index contributed by atoms with van der Waals surface area (Å²) in [7, 11) is 1.52. The number of ether oxygens (including phenoxy) is 2. The van der Waals surface area contributed by atoms with Crippen LogP contribution in [0.25, 0.3) is 0 Å². The van der Waals surface area contributed by atoms with Gasteiger partial charge >= 0.3 is 5.97 Å². The van der Waals surface area contributed by atoms with Crippen LogP contribution in [0.5, 0.6) is 11.5 Å². The molecular weight excluding hydrogens is 484 g/mol. The Morgan fingerprint density at radius 3 is 2.22 bits per heavy atom. The molecule has 1 fully saturated rings. The van der Waals surface area contributed by atoms with Gasteiger partial charge < -0.3 is 14.4 Å². The highest BCUT2D eigenvalue weighted by Gasteiger charge is 2.44. The van der Waals surface area contributed by atoms with Crippen LogP contribution >= 0.6 is 11.6 Å². The zero-order chi connectivity index (χ0) is 25.8. The molecule has 0 spiro atoms. The molecule has 8 nitrogen and oxygen atoms in total. The fourth-order valence-corrected chi connectivity index (χ4v) is 4.19. The molecule has 0 saturated carbocycles. The van der Waals surface area contributed by atoms with Crippen LogP contribution in [0.2, 0.25) is 5.02 Å². The highest BCUT2D eigenvalue weighted by atomic mass is 35.5. The molecule has 1 atom stereocenters. The van der Waals surface area contributed by atoms with Crippen LogP contribution in [-0.2, 0) is 20.9 Å². The number of benzene rings is 3. The van der Waals surface area contributed by atoms with Crippen molar-refractivity contribution < 1.29 is 28.7 Å². The van der Waals surface area contributed by atoms with Gasteiger partial charge in [-0.05, 0) is 60.2 Å². The Morgan fingerprint density at radius 1 is 0.972 bits per heavy atom. The van der Waals surface area contributed by atoms with E-state index < -0.39 is 29.7 Å². The molecule has 184 valence electrons. The van der Waals surface area contributed by atoms with Crippen molar-refractivity contribution in [2.45, 2.75) is 25.9 Å².